The van der Waals surface area contributed by atoms with E-state index < -0.39 is 0 Å². The van der Waals surface area contributed by atoms with Gasteiger partial charge in [-0.2, -0.15) is 0 Å². The monoisotopic (exact) mass is 420 g/mol. The summed E-state index contributed by atoms with van der Waals surface area (Å²) in [4.78, 5) is 15.0. The Kier molecular flexibility index (Phi) is 7.22. The summed E-state index contributed by atoms with van der Waals surface area (Å²) in [5.74, 6) is 0.922. The highest BCUT2D eigenvalue weighted by Crippen LogP contribution is 2.29. The van der Waals surface area contributed by atoms with Crippen LogP contribution in [0.15, 0.2) is 42.5 Å². The van der Waals surface area contributed by atoms with Crippen LogP contribution in [-0.2, 0) is 11.3 Å². The number of likely N-dealkylation sites (tertiary alicyclic amines) is 1. The number of hydrogen-bond donors (Lipinski definition) is 1. The van der Waals surface area contributed by atoms with Crippen molar-refractivity contribution in [3.8, 4) is 5.75 Å². The molecule has 1 heterocycles. The maximum atomic E-state index is 12.7. The number of methoxy groups -OCH3 is 1. The van der Waals surface area contributed by atoms with E-state index in [-0.39, 0.29) is 17.9 Å². The molecule has 1 aliphatic rings. The van der Waals surface area contributed by atoms with Gasteiger partial charge in [-0.3, -0.25) is 9.69 Å². The summed E-state index contributed by atoms with van der Waals surface area (Å²) in [5, 5.41) is 4.53. The summed E-state index contributed by atoms with van der Waals surface area (Å²) >= 11 is 12.6. The first-order valence-corrected chi connectivity index (χ1v) is 10.3. The van der Waals surface area contributed by atoms with Crippen LogP contribution in [0.2, 0.25) is 10.0 Å². The van der Waals surface area contributed by atoms with E-state index in [2.05, 4.69) is 10.2 Å². The van der Waals surface area contributed by atoms with Crippen LogP contribution in [0.5, 0.6) is 5.75 Å². The summed E-state index contributed by atoms with van der Waals surface area (Å²) in [5.41, 5.74) is 1.95. The van der Waals surface area contributed by atoms with Crippen LogP contribution in [0.3, 0.4) is 0 Å². The van der Waals surface area contributed by atoms with E-state index in [1.165, 1.54) is 0 Å². The molecule has 1 saturated heterocycles. The first-order chi connectivity index (χ1) is 13.5. The van der Waals surface area contributed by atoms with Gasteiger partial charge in [-0.25, -0.2) is 0 Å². The molecule has 1 atom stereocenters. The molecule has 1 unspecified atom stereocenters. The number of halogens is 2. The van der Waals surface area contributed by atoms with Gasteiger partial charge < -0.3 is 10.1 Å². The topological polar surface area (TPSA) is 41.6 Å². The molecule has 28 heavy (non-hydrogen) atoms. The molecule has 2 aromatic carbocycles. The highest BCUT2D eigenvalue weighted by atomic mass is 35.5. The van der Waals surface area contributed by atoms with Gasteiger partial charge in [0.2, 0.25) is 5.91 Å². The van der Waals surface area contributed by atoms with Gasteiger partial charge in [-0.15, -0.1) is 0 Å². The van der Waals surface area contributed by atoms with E-state index in [0.29, 0.717) is 16.6 Å². The van der Waals surface area contributed by atoms with Gasteiger partial charge in [-0.1, -0.05) is 47.5 Å². The third-order valence-electron chi connectivity index (χ3n) is 5.37. The molecule has 150 valence electrons. The molecule has 1 aliphatic heterocycles. The van der Waals surface area contributed by atoms with Gasteiger partial charge in [-0.05, 0) is 51.1 Å². The van der Waals surface area contributed by atoms with Gasteiger partial charge in [0.05, 0.1) is 13.2 Å². The number of para-hydroxylation sites is 1. The highest BCUT2D eigenvalue weighted by Gasteiger charge is 2.27. The standard InChI is InChI=1S/C22H26Cl2N2O2/c1-15(17-6-3-4-9-21(17)28-2)25-22(27)16-10-12-26(13-11-16)14-18-19(23)7-5-8-20(18)24/h3-9,15-16H,10-14H2,1-2H3,(H,25,27). The lowest BCUT2D eigenvalue weighted by atomic mass is 9.94. The van der Waals surface area contributed by atoms with Crippen molar-refractivity contribution in [3.63, 3.8) is 0 Å². The lowest BCUT2D eigenvalue weighted by Gasteiger charge is -2.32. The van der Waals surface area contributed by atoms with Crippen molar-refractivity contribution in [2.24, 2.45) is 5.92 Å². The van der Waals surface area contributed by atoms with Gasteiger partial charge in [0.25, 0.3) is 0 Å². The normalized spacial score (nSPS) is 16.6. The summed E-state index contributed by atoms with van der Waals surface area (Å²) in [6, 6.07) is 13.3. The number of ether oxygens (including phenoxy) is 1. The lowest BCUT2D eigenvalue weighted by molar-refractivity contribution is -0.127. The minimum Gasteiger partial charge on any atom is -0.496 e. The van der Waals surface area contributed by atoms with Gasteiger partial charge in [0.15, 0.2) is 0 Å². The van der Waals surface area contributed by atoms with Crippen LogP contribution < -0.4 is 10.1 Å². The first kappa shape index (κ1) is 21.0. The Morgan fingerprint density at radius 1 is 1.14 bits per heavy atom. The average molecular weight is 421 g/mol. The fourth-order valence-electron chi connectivity index (χ4n) is 3.69. The van der Waals surface area contributed by atoms with E-state index in [9.17, 15) is 4.79 Å². The van der Waals surface area contributed by atoms with Crippen LogP contribution in [0.25, 0.3) is 0 Å². The molecular weight excluding hydrogens is 395 g/mol. The fraction of sp³-hybridized carbons (Fsp3) is 0.409. The molecular formula is C22H26Cl2N2O2. The Labute approximate surface area is 176 Å². The quantitative estimate of drug-likeness (QED) is 0.707. The molecule has 1 amide bonds. The smallest absolute Gasteiger partial charge is 0.223 e. The predicted octanol–water partition coefficient (Wildman–Crippen LogP) is 5.09. The van der Waals surface area contributed by atoms with Crippen molar-refractivity contribution in [2.45, 2.75) is 32.4 Å². The zero-order valence-corrected chi connectivity index (χ0v) is 17.8. The maximum Gasteiger partial charge on any atom is 0.223 e. The average Bonchev–Trinajstić information content (AvgIpc) is 2.71. The Morgan fingerprint density at radius 2 is 1.79 bits per heavy atom. The van der Waals surface area contributed by atoms with Crippen LogP contribution in [0, 0.1) is 5.92 Å². The molecule has 6 heteroatoms. The number of hydrogen-bond acceptors (Lipinski definition) is 3. The lowest BCUT2D eigenvalue weighted by Crippen LogP contribution is -2.41. The molecule has 1 N–H and O–H groups in total. The number of amides is 1. The first-order valence-electron chi connectivity index (χ1n) is 9.58. The molecule has 0 radical (unpaired) electrons. The van der Waals surface area contributed by atoms with Crippen molar-refractivity contribution in [3.05, 3.63) is 63.6 Å². The molecule has 0 spiro atoms. The molecule has 0 saturated carbocycles. The number of piperidine rings is 1. The molecule has 4 nitrogen and oxygen atoms in total. The van der Waals surface area contributed by atoms with Crippen molar-refractivity contribution in [1.82, 2.24) is 10.2 Å². The minimum absolute atomic E-state index is 0.0233. The number of nitrogens with zero attached hydrogens (tertiary/aromatic N) is 1. The van der Waals surface area contributed by atoms with Crippen molar-refractivity contribution < 1.29 is 9.53 Å². The molecule has 1 fully saturated rings. The van der Waals surface area contributed by atoms with Gasteiger partial charge >= 0.3 is 0 Å². The van der Waals surface area contributed by atoms with Gasteiger partial charge in [0.1, 0.15) is 5.75 Å². The maximum absolute atomic E-state index is 12.7. The van der Waals surface area contributed by atoms with Crippen LogP contribution >= 0.6 is 23.2 Å². The summed E-state index contributed by atoms with van der Waals surface area (Å²) in [7, 11) is 1.65. The fourth-order valence-corrected chi connectivity index (χ4v) is 4.21. The Hall–Kier alpha value is -1.75. The number of carbonyl (C=O) groups is 1. The molecule has 2 aromatic rings. The molecule has 0 aliphatic carbocycles. The molecule has 3 rings (SSSR count). The molecule has 0 bridgehead atoms. The van der Waals surface area contributed by atoms with Crippen LogP contribution in [-0.4, -0.2) is 31.0 Å². The number of rotatable bonds is 6. The third-order valence-corrected chi connectivity index (χ3v) is 6.07. The van der Waals surface area contributed by atoms with Crippen molar-refractivity contribution >= 4 is 29.1 Å². The SMILES string of the molecule is COc1ccccc1C(C)NC(=O)C1CCN(Cc2c(Cl)cccc2Cl)CC1. The Morgan fingerprint density at radius 3 is 2.43 bits per heavy atom. The van der Waals surface area contributed by atoms with Crippen molar-refractivity contribution in [2.75, 3.05) is 20.2 Å². The van der Waals surface area contributed by atoms with Crippen molar-refractivity contribution in [1.29, 1.82) is 0 Å². The van der Waals surface area contributed by atoms with E-state index in [0.717, 1.165) is 42.8 Å². The Balaban J connectivity index is 1.54. The third kappa shape index (κ3) is 4.99. The zero-order chi connectivity index (χ0) is 20.1. The second-order valence-electron chi connectivity index (χ2n) is 7.22. The Bertz CT molecular complexity index is 800. The molecule has 0 aromatic heterocycles. The second-order valence-corrected chi connectivity index (χ2v) is 8.04. The summed E-state index contributed by atoms with van der Waals surface area (Å²) < 4.78 is 5.40. The second kappa shape index (κ2) is 9.64. The van der Waals surface area contributed by atoms with Gasteiger partial charge in [0, 0.05) is 33.6 Å². The van der Waals surface area contributed by atoms with E-state index >= 15 is 0 Å². The van der Waals surface area contributed by atoms with Crippen LogP contribution in [0.4, 0.5) is 0 Å². The number of benzene rings is 2. The van der Waals surface area contributed by atoms with E-state index in [1.54, 1.807) is 7.11 Å². The highest BCUT2D eigenvalue weighted by molar-refractivity contribution is 6.35. The zero-order valence-electron chi connectivity index (χ0n) is 16.3. The number of carbonyl (C=O) groups excluding carboxylic acids is 1. The minimum atomic E-state index is -0.0939. The van der Waals surface area contributed by atoms with E-state index in [4.69, 9.17) is 27.9 Å². The van der Waals surface area contributed by atoms with Crippen LogP contribution in [0.1, 0.15) is 36.9 Å². The summed E-state index contributed by atoms with van der Waals surface area (Å²) in [6.45, 7) is 4.40. The predicted molar refractivity (Wildman–Crippen MR) is 114 cm³/mol. The largest absolute Gasteiger partial charge is 0.496 e. The number of nitrogens with one attached hydrogen (secondary N) is 1. The van der Waals surface area contributed by atoms with E-state index in [1.807, 2.05) is 49.4 Å². The summed E-state index contributed by atoms with van der Waals surface area (Å²) in [6.07, 6.45) is 1.65.